The van der Waals surface area contributed by atoms with Crippen LogP contribution in [0.25, 0.3) is 0 Å². The molecule has 0 heterocycles. The molecule has 0 amide bonds. The molecule has 4 nitrogen and oxygen atoms in total. The molecule has 0 spiro atoms. The molecular formula is C22H28F6O4. The van der Waals surface area contributed by atoms with Crippen LogP contribution in [0.3, 0.4) is 0 Å². The van der Waals surface area contributed by atoms with Crippen molar-refractivity contribution in [2.24, 2.45) is 5.92 Å². The van der Waals surface area contributed by atoms with Gasteiger partial charge in [0.15, 0.2) is 0 Å². The fourth-order valence-corrected chi connectivity index (χ4v) is 3.16. The van der Waals surface area contributed by atoms with Crippen LogP contribution in [0, 0.1) is 5.92 Å². The zero-order chi connectivity index (χ0) is 24.4. The summed E-state index contributed by atoms with van der Waals surface area (Å²) in [5.41, 5.74) is -4.05. The highest BCUT2D eigenvalue weighted by Crippen LogP contribution is 2.43. The third-order valence-electron chi connectivity index (χ3n) is 4.95. The number of benzene rings is 1. The van der Waals surface area contributed by atoms with E-state index in [1.807, 2.05) is 6.92 Å². The number of hydrogen-bond donors (Lipinski definition) is 0. The molecule has 182 valence electrons. The van der Waals surface area contributed by atoms with E-state index in [0.717, 1.165) is 38.2 Å². The van der Waals surface area contributed by atoms with Crippen LogP contribution in [0.1, 0.15) is 38.2 Å². The van der Waals surface area contributed by atoms with Gasteiger partial charge >= 0.3 is 18.3 Å². The molecule has 0 aliphatic carbocycles. The second kappa shape index (κ2) is 12.2. The van der Waals surface area contributed by atoms with Crippen molar-refractivity contribution in [1.29, 1.82) is 0 Å². The number of methoxy groups -OCH3 is 2. The summed E-state index contributed by atoms with van der Waals surface area (Å²) in [5, 5.41) is 0. The first-order chi connectivity index (χ1) is 15.0. The van der Waals surface area contributed by atoms with Crippen molar-refractivity contribution < 1.29 is 45.3 Å². The number of rotatable bonds is 12. The van der Waals surface area contributed by atoms with E-state index in [9.17, 15) is 31.1 Å². The van der Waals surface area contributed by atoms with Crippen molar-refractivity contribution in [1.82, 2.24) is 0 Å². The molecule has 1 unspecified atom stereocenters. The molecular weight excluding hydrogens is 442 g/mol. The number of halogens is 6. The fourth-order valence-electron chi connectivity index (χ4n) is 3.16. The third-order valence-corrected chi connectivity index (χ3v) is 4.95. The van der Waals surface area contributed by atoms with Gasteiger partial charge in [0, 0.05) is 19.8 Å². The molecule has 3 atom stereocenters. The normalized spacial score (nSPS) is 16.5. The highest BCUT2D eigenvalue weighted by molar-refractivity contribution is 5.82. The lowest BCUT2D eigenvalue weighted by molar-refractivity contribution is -0.278. The summed E-state index contributed by atoms with van der Waals surface area (Å²) < 4.78 is 96.4. The van der Waals surface area contributed by atoms with E-state index in [0.29, 0.717) is 20.0 Å². The Bertz CT molecular complexity index is 717. The van der Waals surface area contributed by atoms with Crippen molar-refractivity contribution in [3.8, 4) is 0 Å². The van der Waals surface area contributed by atoms with Crippen molar-refractivity contribution in [3.05, 3.63) is 48.0 Å². The number of unbranched alkanes of at least 4 members (excludes halogenated alkanes) is 3. The lowest BCUT2D eigenvalue weighted by Gasteiger charge is -2.33. The van der Waals surface area contributed by atoms with Gasteiger partial charge in [0.25, 0.3) is 5.60 Å². The predicted octanol–water partition coefficient (Wildman–Crippen LogP) is 5.96. The van der Waals surface area contributed by atoms with Crippen LogP contribution in [0.4, 0.5) is 26.3 Å². The first kappa shape index (κ1) is 28.0. The standard InChI is InChI=1S/C22H28F6O4/c1-4-5-6-7-11-14-17(21(23,24)25)18(30-2)15-32-19(29)20(31-3,22(26,27)28)16-12-9-8-10-13-16/h8-14,17-18H,4-7,15H2,1-3H3/b14-11+/t17-,18-,20?/m1/s1. The SMILES string of the molecule is CCCCC/C=C/[C@H]([C@@H](COC(=O)C(OC)(c1ccccc1)C(F)(F)F)OC)C(F)(F)F. The van der Waals surface area contributed by atoms with Crippen molar-refractivity contribution in [3.63, 3.8) is 0 Å². The van der Waals surface area contributed by atoms with Gasteiger partial charge in [0.05, 0.1) is 0 Å². The Morgan fingerprint density at radius 3 is 2.12 bits per heavy atom. The van der Waals surface area contributed by atoms with Gasteiger partial charge in [-0.25, -0.2) is 4.79 Å². The predicted molar refractivity (Wildman–Crippen MR) is 106 cm³/mol. The second-order valence-corrected chi connectivity index (χ2v) is 7.11. The molecule has 10 heteroatoms. The van der Waals surface area contributed by atoms with Gasteiger partial charge < -0.3 is 14.2 Å². The molecule has 32 heavy (non-hydrogen) atoms. The minimum atomic E-state index is -5.23. The number of hydrogen-bond acceptors (Lipinski definition) is 4. The Balaban J connectivity index is 3.10. The minimum Gasteiger partial charge on any atom is -0.460 e. The fraction of sp³-hybridized carbons (Fsp3) is 0.591. The van der Waals surface area contributed by atoms with E-state index in [2.05, 4.69) is 4.74 Å². The smallest absolute Gasteiger partial charge is 0.432 e. The topological polar surface area (TPSA) is 44.8 Å². The zero-order valence-electron chi connectivity index (χ0n) is 18.1. The van der Waals surface area contributed by atoms with Crippen LogP contribution in [0.5, 0.6) is 0 Å². The van der Waals surface area contributed by atoms with E-state index < -0.39 is 48.1 Å². The molecule has 0 saturated carbocycles. The minimum absolute atomic E-state index is 0.408. The highest BCUT2D eigenvalue weighted by atomic mass is 19.4. The summed E-state index contributed by atoms with van der Waals surface area (Å²) in [6.45, 7) is 0.904. The van der Waals surface area contributed by atoms with Crippen molar-refractivity contribution in [2.75, 3.05) is 20.8 Å². The molecule has 1 rings (SSSR count). The number of ether oxygens (including phenoxy) is 3. The first-order valence-electron chi connectivity index (χ1n) is 10.1. The summed E-state index contributed by atoms with van der Waals surface area (Å²) in [4.78, 5) is 12.5. The zero-order valence-corrected chi connectivity index (χ0v) is 18.1. The summed E-state index contributed by atoms with van der Waals surface area (Å²) in [5.74, 6) is -4.05. The lowest BCUT2D eigenvalue weighted by atomic mass is 9.92. The number of carbonyl (C=O) groups is 1. The maximum absolute atomic E-state index is 13.9. The first-order valence-corrected chi connectivity index (χ1v) is 10.1. The van der Waals surface area contributed by atoms with Crippen LogP contribution in [0.15, 0.2) is 42.5 Å². The molecule has 1 aromatic carbocycles. The van der Waals surface area contributed by atoms with E-state index >= 15 is 0 Å². The molecule has 0 fully saturated rings. The van der Waals surface area contributed by atoms with E-state index in [1.54, 1.807) is 0 Å². The average molecular weight is 470 g/mol. The van der Waals surface area contributed by atoms with Crippen molar-refractivity contribution in [2.45, 2.75) is 56.7 Å². The molecule has 0 bridgehead atoms. The van der Waals surface area contributed by atoms with Gasteiger partial charge in [-0.05, 0) is 12.8 Å². The summed E-state index contributed by atoms with van der Waals surface area (Å²) in [6, 6.07) is 6.01. The van der Waals surface area contributed by atoms with Crippen molar-refractivity contribution >= 4 is 5.97 Å². The number of carbonyl (C=O) groups excluding carboxylic acids is 1. The Kier molecular flexibility index (Phi) is 10.7. The quantitative estimate of drug-likeness (QED) is 0.164. The van der Waals surface area contributed by atoms with Crippen LogP contribution >= 0.6 is 0 Å². The molecule has 0 radical (unpaired) electrons. The molecule has 0 saturated heterocycles. The van der Waals surface area contributed by atoms with Gasteiger partial charge in [-0.15, -0.1) is 0 Å². The molecule has 0 aliphatic rings. The third kappa shape index (κ3) is 6.96. The maximum atomic E-state index is 13.9. The number of alkyl halides is 6. The van der Waals surface area contributed by atoms with E-state index in [-0.39, 0.29) is 0 Å². The summed E-state index contributed by atoms with van der Waals surface area (Å²) in [7, 11) is 1.64. The van der Waals surface area contributed by atoms with E-state index in [4.69, 9.17) is 9.47 Å². The van der Waals surface area contributed by atoms with Gasteiger partial charge in [0.2, 0.25) is 0 Å². The van der Waals surface area contributed by atoms with Crippen LogP contribution in [-0.4, -0.2) is 45.3 Å². The molecule has 0 aliphatic heterocycles. The Hall–Kier alpha value is -2.07. The number of allylic oxidation sites excluding steroid dienone is 1. The van der Waals surface area contributed by atoms with Gasteiger partial charge in [-0.3, -0.25) is 0 Å². The Labute approximate surface area is 183 Å². The number of esters is 1. The Morgan fingerprint density at radius 1 is 1.03 bits per heavy atom. The molecule has 1 aromatic rings. The van der Waals surface area contributed by atoms with Gasteiger partial charge in [0.1, 0.15) is 18.6 Å². The van der Waals surface area contributed by atoms with Crippen LogP contribution < -0.4 is 0 Å². The summed E-state index contributed by atoms with van der Waals surface area (Å²) >= 11 is 0. The van der Waals surface area contributed by atoms with Crippen LogP contribution in [0.2, 0.25) is 0 Å². The average Bonchev–Trinajstić information content (AvgIpc) is 2.72. The van der Waals surface area contributed by atoms with Crippen LogP contribution in [-0.2, 0) is 24.6 Å². The van der Waals surface area contributed by atoms with Gasteiger partial charge in [-0.1, -0.05) is 62.2 Å². The second-order valence-electron chi connectivity index (χ2n) is 7.11. The molecule has 0 N–H and O–H groups in total. The summed E-state index contributed by atoms with van der Waals surface area (Å²) in [6.07, 6.45) is -6.63. The lowest BCUT2D eigenvalue weighted by Crippen LogP contribution is -2.52. The molecule has 0 aromatic heterocycles. The maximum Gasteiger partial charge on any atom is 0.432 e. The van der Waals surface area contributed by atoms with E-state index in [1.165, 1.54) is 24.3 Å². The highest BCUT2D eigenvalue weighted by Gasteiger charge is 2.64. The Morgan fingerprint density at radius 2 is 1.66 bits per heavy atom. The largest absolute Gasteiger partial charge is 0.460 e. The van der Waals surface area contributed by atoms with Gasteiger partial charge in [-0.2, -0.15) is 26.3 Å². The monoisotopic (exact) mass is 470 g/mol.